The summed E-state index contributed by atoms with van der Waals surface area (Å²) in [4.78, 5) is 23.1. The van der Waals surface area contributed by atoms with Crippen LogP contribution in [0, 0.1) is 6.92 Å². The highest BCUT2D eigenvalue weighted by Gasteiger charge is 2.16. The second-order valence-electron chi connectivity index (χ2n) is 3.79. The summed E-state index contributed by atoms with van der Waals surface area (Å²) in [7, 11) is 1.81. The quantitative estimate of drug-likeness (QED) is 0.885. The molecule has 8 heteroatoms. The van der Waals surface area contributed by atoms with E-state index in [-0.39, 0.29) is 15.8 Å². The van der Waals surface area contributed by atoms with Crippen LogP contribution in [-0.4, -0.2) is 20.1 Å². The van der Waals surface area contributed by atoms with E-state index in [0.29, 0.717) is 6.54 Å². The van der Waals surface area contributed by atoms with Gasteiger partial charge in [-0.25, -0.2) is 0 Å². The van der Waals surface area contributed by atoms with Crippen molar-refractivity contribution < 1.29 is 4.79 Å². The molecule has 2 heterocycles. The Morgan fingerprint density at radius 1 is 1.67 bits per heavy atom. The van der Waals surface area contributed by atoms with Crippen LogP contribution < -0.4 is 10.9 Å². The molecule has 0 bridgehead atoms. The van der Waals surface area contributed by atoms with Gasteiger partial charge in [0.15, 0.2) is 0 Å². The highest BCUT2D eigenvalue weighted by Crippen LogP contribution is 2.14. The first-order chi connectivity index (χ1) is 8.49. The van der Waals surface area contributed by atoms with Crippen LogP contribution in [0.5, 0.6) is 0 Å². The SMILES string of the molecule is Cc1cn(C)nc1CNC(=O)c1s[nH]c(=O)c1Cl. The van der Waals surface area contributed by atoms with E-state index in [1.807, 2.05) is 20.2 Å². The van der Waals surface area contributed by atoms with Gasteiger partial charge in [-0.1, -0.05) is 23.1 Å². The summed E-state index contributed by atoms with van der Waals surface area (Å²) in [6, 6.07) is 0. The van der Waals surface area contributed by atoms with Gasteiger partial charge < -0.3 is 5.32 Å². The number of aromatic nitrogens is 3. The van der Waals surface area contributed by atoms with Crippen molar-refractivity contribution >= 4 is 29.0 Å². The Labute approximate surface area is 112 Å². The van der Waals surface area contributed by atoms with Crippen molar-refractivity contribution in [1.29, 1.82) is 0 Å². The standard InChI is InChI=1S/C10H11ClN4O2S/c1-5-4-15(2)13-6(5)3-12-10(17)8-7(11)9(16)14-18-8/h4H,3H2,1-2H3,(H,12,17)(H,14,16). The molecule has 2 N–H and O–H groups in total. The van der Waals surface area contributed by atoms with E-state index < -0.39 is 5.56 Å². The molecule has 1 amide bonds. The Morgan fingerprint density at radius 3 is 2.89 bits per heavy atom. The monoisotopic (exact) mass is 286 g/mol. The first-order valence-electron chi connectivity index (χ1n) is 5.13. The third-order valence-electron chi connectivity index (χ3n) is 2.38. The highest BCUT2D eigenvalue weighted by molar-refractivity contribution is 7.08. The fraction of sp³-hybridized carbons (Fsp3) is 0.300. The molecule has 0 saturated carbocycles. The second-order valence-corrected chi connectivity index (χ2v) is 4.99. The topological polar surface area (TPSA) is 79.8 Å². The summed E-state index contributed by atoms with van der Waals surface area (Å²) >= 11 is 6.63. The van der Waals surface area contributed by atoms with Gasteiger partial charge in [0.25, 0.3) is 11.5 Å². The Kier molecular flexibility index (Phi) is 3.53. The van der Waals surface area contributed by atoms with Crippen molar-refractivity contribution in [1.82, 2.24) is 19.5 Å². The number of carbonyl (C=O) groups excluding carboxylic acids is 1. The van der Waals surface area contributed by atoms with Crippen molar-refractivity contribution in [3.8, 4) is 0 Å². The Morgan fingerprint density at radius 2 is 2.39 bits per heavy atom. The lowest BCUT2D eigenvalue weighted by Gasteiger charge is -2.01. The molecule has 0 spiro atoms. The average molecular weight is 287 g/mol. The van der Waals surface area contributed by atoms with Gasteiger partial charge in [0.2, 0.25) is 0 Å². The van der Waals surface area contributed by atoms with Crippen LogP contribution in [0.2, 0.25) is 5.02 Å². The van der Waals surface area contributed by atoms with E-state index in [9.17, 15) is 9.59 Å². The molecular weight excluding hydrogens is 276 g/mol. The maximum atomic E-state index is 11.8. The number of hydrogen-bond acceptors (Lipinski definition) is 4. The van der Waals surface area contributed by atoms with E-state index in [4.69, 9.17) is 11.6 Å². The minimum Gasteiger partial charge on any atom is -0.346 e. The molecule has 18 heavy (non-hydrogen) atoms. The molecule has 0 saturated heterocycles. The van der Waals surface area contributed by atoms with Gasteiger partial charge in [-0.2, -0.15) is 5.10 Å². The van der Waals surface area contributed by atoms with Crippen molar-refractivity contribution in [2.24, 2.45) is 7.05 Å². The number of H-pyrrole nitrogens is 1. The smallest absolute Gasteiger partial charge is 0.277 e. The van der Waals surface area contributed by atoms with Crippen LogP contribution in [0.1, 0.15) is 20.9 Å². The molecule has 0 atom stereocenters. The van der Waals surface area contributed by atoms with Gasteiger partial charge in [0.05, 0.1) is 12.2 Å². The fourth-order valence-electron chi connectivity index (χ4n) is 1.51. The number of carbonyl (C=O) groups is 1. The van der Waals surface area contributed by atoms with Crippen molar-refractivity contribution in [2.75, 3.05) is 0 Å². The molecule has 0 aromatic carbocycles. The Hall–Kier alpha value is -1.60. The minimum atomic E-state index is -0.444. The molecular formula is C10H11ClN4O2S. The number of aryl methyl sites for hydroxylation is 2. The maximum Gasteiger partial charge on any atom is 0.277 e. The number of nitrogens with one attached hydrogen (secondary N) is 2. The molecule has 0 radical (unpaired) electrons. The third-order valence-corrected chi connectivity index (χ3v) is 3.74. The highest BCUT2D eigenvalue weighted by atomic mass is 35.5. The average Bonchev–Trinajstić information content (AvgIpc) is 2.80. The van der Waals surface area contributed by atoms with Crippen LogP contribution in [0.3, 0.4) is 0 Å². The van der Waals surface area contributed by atoms with Crippen molar-refractivity contribution in [3.63, 3.8) is 0 Å². The van der Waals surface area contributed by atoms with Gasteiger partial charge in [0.1, 0.15) is 9.90 Å². The zero-order chi connectivity index (χ0) is 13.3. The largest absolute Gasteiger partial charge is 0.346 e. The Balaban J connectivity index is 2.07. The maximum absolute atomic E-state index is 11.8. The summed E-state index contributed by atoms with van der Waals surface area (Å²) < 4.78 is 4.08. The predicted octanol–water partition coefficient (Wildman–Crippen LogP) is 1.06. The number of rotatable bonds is 3. The first-order valence-corrected chi connectivity index (χ1v) is 6.32. The van der Waals surface area contributed by atoms with E-state index in [2.05, 4.69) is 14.8 Å². The fourth-order valence-corrected chi connectivity index (χ4v) is 2.46. The molecule has 0 aliphatic rings. The summed E-state index contributed by atoms with van der Waals surface area (Å²) in [6.45, 7) is 2.21. The number of hydrogen-bond donors (Lipinski definition) is 2. The predicted molar refractivity (Wildman–Crippen MR) is 69.1 cm³/mol. The van der Waals surface area contributed by atoms with E-state index in [1.54, 1.807) is 4.68 Å². The number of amides is 1. The Bertz CT molecular complexity index is 643. The zero-order valence-corrected chi connectivity index (χ0v) is 11.4. The van der Waals surface area contributed by atoms with Gasteiger partial charge >= 0.3 is 0 Å². The summed E-state index contributed by atoms with van der Waals surface area (Å²) in [5.41, 5.74) is 1.33. The van der Waals surface area contributed by atoms with Crippen LogP contribution in [0.15, 0.2) is 11.0 Å². The lowest BCUT2D eigenvalue weighted by atomic mass is 10.3. The van der Waals surface area contributed by atoms with Crippen LogP contribution in [0.4, 0.5) is 0 Å². The molecule has 0 fully saturated rings. The molecule has 2 rings (SSSR count). The molecule has 0 aliphatic carbocycles. The lowest BCUT2D eigenvalue weighted by Crippen LogP contribution is -2.23. The third kappa shape index (κ3) is 2.46. The number of nitrogens with zero attached hydrogens (tertiary/aromatic N) is 2. The summed E-state index contributed by atoms with van der Waals surface area (Å²) in [5, 5.41) is 6.81. The normalized spacial score (nSPS) is 10.6. The molecule has 2 aromatic rings. The van der Waals surface area contributed by atoms with Crippen LogP contribution >= 0.6 is 23.1 Å². The van der Waals surface area contributed by atoms with E-state index >= 15 is 0 Å². The van der Waals surface area contributed by atoms with Crippen molar-refractivity contribution in [3.05, 3.63) is 37.7 Å². The zero-order valence-electron chi connectivity index (χ0n) is 9.78. The number of aromatic amines is 1. The molecule has 0 aliphatic heterocycles. The molecule has 0 unspecified atom stereocenters. The van der Waals surface area contributed by atoms with Crippen molar-refractivity contribution in [2.45, 2.75) is 13.5 Å². The van der Waals surface area contributed by atoms with Gasteiger partial charge in [0, 0.05) is 13.2 Å². The van der Waals surface area contributed by atoms with E-state index in [0.717, 1.165) is 22.8 Å². The lowest BCUT2D eigenvalue weighted by molar-refractivity contribution is 0.0954. The molecule has 96 valence electrons. The molecule has 2 aromatic heterocycles. The summed E-state index contributed by atoms with van der Waals surface area (Å²) in [6.07, 6.45) is 1.86. The van der Waals surface area contributed by atoms with Crippen LogP contribution in [-0.2, 0) is 13.6 Å². The second kappa shape index (κ2) is 4.95. The van der Waals surface area contributed by atoms with Gasteiger partial charge in [-0.3, -0.25) is 18.6 Å². The van der Waals surface area contributed by atoms with Gasteiger partial charge in [-0.05, 0) is 12.5 Å². The minimum absolute atomic E-state index is 0.0738. The van der Waals surface area contributed by atoms with Crippen LogP contribution in [0.25, 0.3) is 0 Å². The van der Waals surface area contributed by atoms with E-state index in [1.165, 1.54) is 0 Å². The molecule has 6 nitrogen and oxygen atoms in total. The van der Waals surface area contributed by atoms with Gasteiger partial charge in [-0.15, -0.1) is 0 Å². The number of halogens is 1. The summed E-state index contributed by atoms with van der Waals surface area (Å²) in [5.74, 6) is -0.381. The first kappa shape index (κ1) is 12.8.